The second-order valence-corrected chi connectivity index (χ2v) is 9.58. The zero-order valence-electron chi connectivity index (χ0n) is 13.6. The normalized spacial score (nSPS) is 11.6. The summed E-state index contributed by atoms with van der Waals surface area (Å²) in [6, 6.07) is 19.0. The number of benzene rings is 2. The van der Waals surface area contributed by atoms with E-state index in [4.69, 9.17) is 4.43 Å². The van der Waals surface area contributed by atoms with Crippen LogP contribution in [0.4, 0.5) is 0 Å². The third kappa shape index (κ3) is 3.45. The molecule has 0 amide bonds. The Morgan fingerprint density at radius 1 is 0.810 bits per heavy atom. The molecule has 0 unspecified atom stereocenters. The average Bonchev–Trinajstić information content (AvgIpc) is 2.51. The van der Waals surface area contributed by atoms with E-state index in [1.165, 1.54) is 34.3 Å². The van der Waals surface area contributed by atoms with Crippen molar-refractivity contribution in [2.75, 3.05) is 7.11 Å². The van der Waals surface area contributed by atoms with Gasteiger partial charge in [0, 0.05) is 7.11 Å². The Morgan fingerprint density at radius 2 is 1.24 bits per heavy atom. The van der Waals surface area contributed by atoms with Gasteiger partial charge in [-0.3, -0.25) is 0 Å². The van der Waals surface area contributed by atoms with Crippen molar-refractivity contribution in [2.24, 2.45) is 0 Å². The average molecular weight is 299 g/mol. The second-order valence-electron chi connectivity index (χ2n) is 5.87. The first-order valence-corrected chi connectivity index (χ1v) is 9.93. The summed E-state index contributed by atoms with van der Waals surface area (Å²) >= 11 is 0. The molecule has 2 heteroatoms. The van der Waals surface area contributed by atoms with Crippen LogP contribution in [-0.2, 0) is 4.43 Å². The fourth-order valence-electron chi connectivity index (χ4n) is 2.86. The van der Waals surface area contributed by atoms with E-state index in [1.807, 2.05) is 7.11 Å². The van der Waals surface area contributed by atoms with E-state index in [1.54, 1.807) is 0 Å². The highest BCUT2D eigenvalue weighted by Gasteiger charge is 2.37. The number of hydrogen-bond acceptors (Lipinski definition) is 1. The monoisotopic (exact) mass is 298 g/mol. The van der Waals surface area contributed by atoms with Gasteiger partial charge in [0.25, 0.3) is 8.32 Å². The van der Waals surface area contributed by atoms with Gasteiger partial charge in [0.05, 0.1) is 0 Å². The quantitative estimate of drug-likeness (QED) is 0.737. The van der Waals surface area contributed by atoms with E-state index in [2.05, 4.69) is 69.3 Å². The van der Waals surface area contributed by atoms with Gasteiger partial charge in [-0.15, -0.1) is 0 Å². The lowest BCUT2D eigenvalue weighted by Gasteiger charge is -2.31. The van der Waals surface area contributed by atoms with Gasteiger partial charge >= 0.3 is 0 Å². The Labute approximate surface area is 130 Å². The van der Waals surface area contributed by atoms with Crippen molar-refractivity contribution in [3.63, 3.8) is 0 Å². The molecule has 0 atom stereocenters. The molecule has 0 aromatic heterocycles. The number of hydrogen-bond donors (Lipinski definition) is 0. The first-order chi connectivity index (χ1) is 10.1. The molecular formula is C19H26OSi. The Balaban J connectivity index is 2.51. The molecular weight excluding hydrogens is 272 g/mol. The number of unbranched alkanes of at least 4 members (excludes halogenated alkanes) is 1. The van der Waals surface area contributed by atoms with Crippen molar-refractivity contribution < 1.29 is 4.43 Å². The van der Waals surface area contributed by atoms with Gasteiger partial charge in [-0.2, -0.15) is 0 Å². The topological polar surface area (TPSA) is 9.23 Å². The predicted molar refractivity (Wildman–Crippen MR) is 94.1 cm³/mol. The van der Waals surface area contributed by atoms with Crippen LogP contribution < -0.4 is 10.4 Å². The highest BCUT2D eigenvalue weighted by Crippen LogP contribution is 2.17. The van der Waals surface area contributed by atoms with Gasteiger partial charge in [-0.05, 0) is 30.3 Å². The lowest BCUT2D eigenvalue weighted by molar-refractivity contribution is 0.413. The van der Waals surface area contributed by atoms with E-state index in [-0.39, 0.29) is 0 Å². The van der Waals surface area contributed by atoms with Gasteiger partial charge in [0.15, 0.2) is 0 Å². The summed E-state index contributed by atoms with van der Waals surface area (Å²) in [5, 5.41) is 2.76. The van der Waals surface area contributed by atoms with Crippen molar-refractivity contribution in [3.8, 4) is 0 Å². The van der Waals surface area contributed by atoms with Crippen LogP contribution in [0.5, 0.6) is 0 Å². The van der Waals surface area contributed by atoms with E-state index in [0.29, 0.717) is 0 Å². The maximum absolute atomic E-state index is 6.23. The third-order valence-electron chi connectivity index (χ3n) is 4.27. The Kier molecular flexibility index (Phi) is 5.37. The number of aryl methyl sites for hydroxylation is 2. The molecule has 0 N–H and O–H groups in total. The first-order valence-electron chi connectivity index (χ1n) is 7.82. The zero-order valence-corrected chi connectivity index (χ0v) is 14.6. The molecule has 112 valence electrons. The van der Waals surface area contributed by atoms with E-state index in [9.17, 15) is 0 Å². The van der Waals surface area contributed by atoms with Crippen LogP contribution in [0.3, 0.4) is 0 Å². The van der Waals surface area contributed by atoms with E-state index >= 15 is 0 Å². The molecule has 0 heterocycles. The lowest BCUT2D eigenvalue weighted by Crippen LogP contribution is -2.60. The largest absolute Gasteiger partial charge is 0.411 e. The van der Waals surface area contributed by atoms with Crippen LogP contribution in [0.2, 0.25) is 6.04 Å². The third-order valence-corrected chi connectivity index (χ3v) is 8.55. The van der Waals surface area contributed by atoms with Crippen molar-refractivity contribution >= 4 is 18.7 Å². The van der Waals surface area contributed by atoms with Crippen molar-refractivity contribution in [3.05, 3.63) is 59.7 Å². The summed E-state index contributed by atoms with van der Waals surface area (Å²) in [5.41, 5.74) is 2.61. The molecule has 0 bridgehead atoms. The second kappa shape index (κ2) is 7.06. The number of rotatable bonds is 6. The highest BCUT2D eigenvalue weighted by molar-refractivity contribution is 6.97. The zero-order chi connectivity index (χ0) is 15.3. The summed E-state index contributed by atoms with van der Waals surface area (Å²) in [5.74, 6) is 0. The summed E-state index contributed by atoms with van der Waals surface area (Å²) in [7, 11) is -0.198. The molecule has 0 aliphatic heterocycles. The molecule has 0 aliphatic rings. The van der Waals surface area contributed by atoms with Crippen LogP contribution in [0, 0.1) is 13.8 Å². The van der Waals surface area contributed by atoms with Gasteiger partial charge in [0.2, 0.25) is 0 Å². The van der Waals surface area contributed by atoms with Crippen LogP contribution in [0.25, 0.3) is 0 Å². The van der Waals surface area contributed by atoms with Gasteiger partial charge < -0.3 is 4.43 Å². The summed E-state index contributed by atoms with van der Waals surface area (Å²) < 4.78 is 6.23. The molecule has 0 saturated heterocycles. The molecule has 0 saturated carbocycles. The minimum Gasteiger partial charge on any atom is -0.411 e. The Morgan fingerprint density at radius 3 is 1.57 bits per heavy atom. The summed E-state index contributed by atoms with van der Waals surface area (Å²) in [6.45, 7) is 6.52. The van der Waals surface area contributed by atoms with E-state index in [0.717, 1.165) is 6.04 Å². The van der Waals surface area contributed by atoms with Crippen LogP contribution in [0.15, 0.2) is 48.5 Å². The fraction of sp³-hybridized carbons (Fsp3) is 0.368. The Hall–Kier alpha value is -1.38. The standard InChI is InChI=1S/C19H26OSi/c1-5-6-15-21(20-4,18-11-7-16(2)8-12-18)19-13-9-17(3)10-14-19/h7-14H,5-6,15H2,1-4H3. The molecule has 0 spiro atoms. The summed E-state index contributed by atoms with van der Waals surface area (Å²) in [4.78, 5) is 0. The molecule has 0 radical (unpaired) electrons. The molecule has 21 heavy (non-hydrogen) atoms. The maximum atomic E-state index is 6.23. The molecule has 0 fully saturated rings. The lowest BCUT2D eigenvalue weighted by atomic mass is 10.2. The van der Waals surface area contributed by atoms with Crippen molar-refractivity contribution in [1.82, 2.24) is 0 Å². The van der Waals surface area contributed by atoms with Crippen LogP contribution >= 0.6 is 0 Å². The fourth-order valence-corrected chi connectivity index (χ4v) is 6.71. The minimum atomic E-state index is -2.09. The Bertz CT molecular complexity index is 512. The minimum absolute atomic E-state index is 1.14. The van der Waals surface area contributed by atoms with Crippen molar-refractivity contribution in [2.45, 2.75) is 39.7 Å². The maximum Gasteiger partial charge on any atom is 0.255 e. The van der Waals surface area contributed by atoms with Crippen LogP contribution in [0.1, 0.15) is 30.9 Å². The molecule has 2 aromatic rings. The molecule has 2 rings (SSSR count). The van der Waals surface area contributed by atoms with Gasteiger partial charge in [-0.25, -0.2) is 0 Å². The first kappa shape index (κ1) is 16.0. The van der Waals surface area contributed by atoms with E-state index < -0.39 is 8.32 Å². The van der Waals surface area contributed by atoms with Gasteiger partial charge in [0.1, 0.15) is 0 Å². The van der Waals surface area contributed by atoms with Gasteiger partial charge in [-0.1, -0.05) is 79.4 Å². The molecule has 1 nitrogen and oxygen atoms in total. The molecule has 0 aliphatic carbocycles. The van der Waals surface area contributed by atoms with Crippen molar-refractivity contribution in [1.29, 1.82) is 0 Å². The highest BCUT2D eigenvalue weighted by atomic mass is 28.4. The predicted octanol–water partition coefficient (Wildman–Crippen LogP) is 3.81. The van der Waals surface area contributed by atoms with Crippen LogP contribution in [-0.4, -0.2) is 15.4 Å². The smallest absolute Gasteiger partial charge is 0.255 e. The SMILES string of the molecule is CCCC[Si](OC)(c1ccc(C)cc1)c1ccc(C)cc1. The summed E-state index contributed by atoms with van der Waals surface area (Å²) in [6.07, 6.45) is 2.41. The molecule has 2 aromatic carbocycles.